The Kier molecular flexibility index (Phi) is 9.32. The molecule has 15 heavy (non-hydrogen) atoms. The maximum atomic E-state index is 10.5. The molecule has 0 fully saturated rings. The van der Waals surface area contributed by atoms with Crippen LogP contribution in [-0.2, 0) is 4.79 Å². The van der Waals surface area contributed by atoms with E-state index >= 15 is 0 Å². The molecule has 0 aliphatic carbocycles. The summed E-state index contributed by atoms with van der Waals surface area (Å²) in [5, 5.41) is 6.16. The number of amides is 1. The van der Waals surface area contributed by atoms with E-state index in [1.54, 1.807) is 0 Å². The molecule has 0 unspecified atom stereocenters. The van der Waals surface area contributed by atoms with Crippen LogP contribution in [0.5, 0.6) is 0 Å². The van der Waals surface area contributed by atoms with Crippen molar-refractivity contribution in [2.24, 2.45) is 11.5 Å². The molecule has 0 aliphatic rings. The maximum absolute atomic E-state index is 10.5. The van der Waals surface area contributed by atoms with Crippen molar-refractivity contribution in [3.8, 4) is 0 Å². The first-order valence-electron chi connectivity index (χ1n) is 4.79. The maximum Gasteiger partial charge on any atom is 0.231 e. The number of hydrogen-bond acceptors (Lipinski definition) is 6. The molecule has 0 saturated heterocycles. The van der Waals surface area contributed by atoms with E-state index in [2.05, 4.69) is 35.9 Å². The number of nitrogens with two attached hydrogens (primary N) is 2. The number of hydrogen-bond donors (Lipinski definition) is 6. The van der Waals surface area contributed by atoms with E-state index < -0.39 is 0 Å². The third kappa shape index (κ3) is 9.01. The summed E-state index contributed by atoms with van der Waals surface area (Å²) in [6, 6.07) is 0.213. The predicted molar refractivity (Wildman–Crippen MR) is 69.5 cm³/mol. The molecule has 90 valence electrons. The molecule has 0 saturated carbocycles. The van der Waals surface area contributed by atoms with Gasteiger partial charge in [-0.15, -0.1) is 0 Å². The Bertz CT molecular complexity index is 182. The van der Waals surface area contributed by atoms with E-state index in [0.717, 1.165) is 0 Å². The van der Waals surface area contributed by atoms with Crippen LogP contribution < -0.4 is 22.1 Å². The molecule has 0 spiro atoms. The number of nitrogens with one attached hydrogen (secondary N) is 2. The highest BCUT2D eigenvalue weighted by Gasteiger charge is 2.07. The van der Waals surface area contributed by atoms with Gasteiger partial charge in [-0.05, 0) is 0 Å². The zero-order valence-corrected chi connectivity index (χ0v) is 10.4. The second-order valence-electron chi connectivity index (χ2n) is 3.33. The monoisotopic (exact) mass is 252 g/mol. The van der Waals surface area contributed by atoms with Crippen molar-refractivity contribution in [1.29, 1.82) is 0 Å². The van der Waals surface area contributed by atoms with Crippen molar-refractivity contribution in [3.63, 3.8) is 0 Å². The Balaban J connectivity index is 3.59. The smallest absolute Gasteiger partial charge is 0.231 e. The van der Waals surface area contributed by atoms with Crippen LogP contribution in [0.3, 0.4) is 0 Å². The lowest BCUT2D eigenvalue weighted by atomic mass is 10.3. The molecule has 0 rings (SSSR count). The molecule has 0 bridgehead atoms. The summed E-state index contributed by atoms with van der Waals surface area (Å²) in [5.74, 6) is 0.950. The normalized spacial score (nSPS) is 14.9. The molecule has 0 aromatic heterocycles. The predicted octanol–water partition coefficient (Wildman–Crippen LogP) is -1.79. The average Bonchev–Trinajstić information content (AvgIpc) is 2.22. The van der Waals surface area contributed by atoms with Crippen LogP contribution in [0.15, 0.2) is 0 Å². The van der Waals surface area contributed by atoms with Crippen molar-refractivity contribution in [2.45, 2.75) is 12.1 Å². The molecule has 1 amide bonds. The van der Waals surface area contributed by atoms with Crippen LogP contribution in [0.25, 0.3) is 0 Å². The van der Waals surface area contributed by atoms with Gasteiger partial charge in [-0.3, -0.25) is 4.79 Å². The van der Waals surface area contributed by atoms with Crippen molar-refractivity contribution < 1.29 is 4.79 Å². The van der Waals surface area contributed by atoms with Crippen molar-refractivity contribution in [3.05, 3.63) is 0 Å². The summed E-state index contributed by atoms with van der Waals surface area (Å²) in [6.07, 6.45) is 0. The second-order valence-corrected chi connectivity index (χ2v) is 4.06. The molecular weight excluding hydrogens is 232 g/mol. The van der Waals surface area contributed by atoms with E-state index in [1.165, 1.54) is 0 Å². The van der Waals surface area contributed by atoms with Crippen LogP contribution in [0.1, 0.15) is 0 Å². The van der Waals surface area contributed by atoms with Gasteiger partial charge in [0.05, 0.1) is 6.54 Å². The fraction of sp³-hybridized carbons (Fsp3) is 0.875. The first kappa shape index (κ1) is 15.0. The zero-order chi connectivity index (χ0) is 11.7. The van der Waals surface area contributed by atoms with E-state index in [9.17, 15) is 4.79 Å². The lowest BCUT2D eigenvalue weighted by molar-refractivity contribution is -0.117. The van der Waals surface area contributed by atoms with Crippen LogP contribution >= 0.6 is 25.3 Å². The van der Waals surface area contributed by atoms with E-state index in [4.69, 9.17) is 11.5 Å². The molecular formula is C8H20N4OS2. The fourth-order valence-electron chi connectivity index (χ4n) is 0.953. The molecule has 0 aromatic carbocycles. The van der Waals surface area contributed by atoms with Crippen LogP contribution in [0.2, 0.25) is 0 Å². The van der Waals surface area contributed by atoms with Gasteiger partial charge in [0.1, 0.15) is 0 Å². The topological polar surface area (TPSA) is 93.2 Å². The highest BCUT2D eigenvalue weighted by atomic mass is 32.1. The second kappa shape index (κ2) is 9.29. The largest absolute Gasteiger partial charge is 0.369 e. The molecule has 2 atom stereocenters. The molecule has 5 nitrogen and oxygen atoms in total. The summed E-state index contributed by atoms with van der Waals surface area (Å²) in [6.45, 7) is 1.52. The standard InChI is InChI=1S/C8H20N4OS2/c9-6(4-14)1-12-7(5-15)2-11-3-8(10)13/h6-7,11-12,14-15H,1-5,9H2,(H2,10,13)/t6-,7-/m0/s1. The summed E-state index contributed by atoms with van der Waals surface area (Å²) in [5.41, 5.74) is 10.7. The molecule has 0 heterocycles. The van der Waals surface area contributed by atoms with Gasteiger partial charge in [-0.25, -0.2) is 0 Å². The Morgan fingerprint density at radius 1 is 1.27 bits per heavy atom. The van der Waals surface area contributed by atoms with Crippen molar-refractivity contribution in [2.75, 3.05) is 31.1 Å². The van der Waals surface area contributed by atoms with E-state index in [0.29, 0.717) is 24.6 Å². The van der Waals surface area contributed by atoms with Crippen LogP contribution in [0.4, 0.5) is 0 Å². The minimum Gasteiger partial charge on any atom is -0.369 e. The van der Waals surface area contributed by atoms with Gasteiger partial charge in [0.15, 0.2) is 0 Å². The highest BCUT2D eigenvalue weighted by Crippen LogP contribution is 1.88. The third-order valence-corrected chi connectivity index (χ3v) is 2.72. The van der Waals surface area contributed by atoms with E-state index in [1.807, 2.05) is 0 Å². The number of primary amides is 1. The first-order chi connectivity index (χ1) is 7.10. The lowest BCUT2D eigenvalue weighted by Crippen LogP contribution is -2.47. The fourth-order valence-corrected chi connectivity index (χ4v) is 1.34. The molecule has 0 radical (unpaired) electrons. The van der Waals surface area contributed by atoms with Crippen LogP contribution in [-0.4, -0.2) is 49.1 Å². The summed E-state index contributed by atoms with van der Waals surface area (Å²) in [7, 11) is 0. The average molecular weight is 252 g/mol. The Morgan fingerprint density at radius 3 is 2.40 bits per heavy atom. The van der Waals surface area contributed by atoms with Gasteiger partial charge >= 0.3 is 0 Å². The SMILES string of the molecule is NC(=O)CNC[C@@H](CS)NC[C@H](N)CS. The Morgan fingerprint density at radius 2 is 1.93 bits per heavy atom. The van der Waals surface area contributed by atoms with Crippen molar-refractivity contribution in [1.82, 2.24) is 10.6 Å². The highest BCUT2D eigenvalue weighted by molar-refractivity contribution is 7.80. The minimum atomic E-state index is -0.361. The van der Waals surface area contributed by atoms with Crippen molar-refractivity contribution >= 4 is 31.2 Å². The van der Waals surface area contributed by atoms with Gasteiger partial charge in [0, 0.05) is 36.7 Å². The van der Waals surface area contributed by atoms with Crippen LogP contribution in [0, 0.1) is 0 Å². The number of carbonyl (C=O) groups excluding carboxylic acids is 1. The lowest BCUT2D eigenvalue weighted by Gasteiger charge is -2.19. The summed E-state index contributed by atoms with van der Waals surface area (Å²) < 4.78 is 0. The summed E-state index contributed by atoms with van der Waals surface area (Å²) >= 11 is 8.28. The molecule has 0 aromatic rings. The molecule has 6 N–H and O–H groups in total. The Labute approximate surface area is 102 Å². The van der Waals surface area contributed by atoms with Gasteiger partial charge in [0.25, 0.3) is 0 Å². The van der Waals surface area contributed by atoms with Gasteiger partial charge in [-0.1, -0.05) is 0 Å². The quantitative estimate of drug-likeness (QED) is 0.273. The minimum absolute atomic E-state index is 0.0341. The molecule has 7 heteroatoms. The summed E-state index contributed by atoms with van der Waals surface area (Å²) in [4.78, 5) is 10.5. The zero-order valence-electron chi connectivity index (χ0n) is 8.65. The number of carbonyl (C=O) groups is 1. The number of thiol groups is 2. The first-order valence-corrected chi connectivity index (χ1v) is 6.06. The van der Waals surface area contributed by atoms with Gasteiger partial charge in [0.2, 0.25) is 5.91 Å². The van der Waals surface area contributed by atoms with Gasteiger partial charge in [-0.2, -0.15) is 25.3 Å². The van der Waals surface area contributed by atoms with Gasteiger partial charge < -0.3 is 22.1 Å². The number of rotatable bonds is 9. The third-order valence-electron chi connectivity index (χ3n) is 1.81. The Hall–Kier alpha value is 0.0500. The molecule has 0 aliphatic heterocycles. The van der Waals surface area contributed by atoms with E-state index in [-0.39, 0.29) is 24.5 Å².